The molecule has 0 aliphatic carbocycles. The first-order valence-electron chi connectivity index (χ1n) is 10.1. The minimum Gasteiger partial charge on any atom is -0.478 e. The van der Waals surface area contributed by atoms with E-state index in [0.29, 0.717) is 26.3 Å². The summed E-state index contributed by atoms with van der Waals surface area (Å²) in [7, 11) is 0. The van der Waals surface area contributed by atoms with E-state index in [2.05, 4.69) is 15.6 Å². The van der Waals surface area contributed by atoms with Crippen molar-refractivity contribution in [3.8, 4) is 0 Å². The largest absolute Gasteiger partial charge is 0.478 e. The Bertz CT molecular complexity index is 1510. The number of nitro benzene ring substituents is 1. The number of aromatic carboxylic acids is 1. The molecule has 10 nitrogen and oxygen atoms in total. The second kappa shape index (κ2) is 10.7. The van der Waals surface area contributed by atoms with Crippen molar-refractivity contribution >= 4 is 79.8 Å². The Morgan fingerprint density at radius 2 is 1.72 bits per heavy atom. The SMILES string of the molecule is O=C(CSc1nc2ccc(NC(=O)c3ccc([N+](=O)[O-])cc3C(=O)O)cc2s1)Nc1ccc(Cl)cc1. The topological polar surface area (TPSA) is 152 Å². The van der Waals surface area contributed by atoms with Gasteiger partial charge in [-0.05, 0) is 48.5 Å². The fourth-order valence-corrected chi connectivity index (χ4v) is 5.15. The van der Waals surface area contributed by atoms with Crippen LogP contribution in [0.5, 0.6) is 0 Å². The van der Waals surface area contributed by atoms with Crippen LogP contribution in [-0.2, 0) is 4.79 Å². The molecule has 0 spiro atoms. The molecule has 0 bridgehead atoms. The van der Waals surface area contributed by atoms with E-state index >= 15 is 0 Å². The number of nitrogens with one attached hydrogen (secondary N) is 2. The molecule has 13 heteroatoms. The molecule has 0 unspecified atom stereocenters. The molecule has 1 aromatic heterocycles. The number of amides is 2. The van der Waals surface area contributed by atoms with Gasteiger partial charge in [-0.3, -0.25) is 19.7 Å². The van der Waals surface area contributed by atoms with Crippen molar-refractivity contribution in [3.05, 3.63) is 86.9 Å². The molecule has 0 aliphatic rings. The van der Waals surface area contributed by atoms with Crippen molar-refractivity contribution in [3.63, 3.8) is 0 Å². The third-order valence-electron chi connectivity index (χ3n) is 4.77. The normalized spacial score (nSPS) is 10.7. The quantitative estimate of drug-likeness (QED) is 0.149. The second-order valence-corrected chi connectivity index (χ2v) is 9.94. The number of anilines is 2. The Balaban J connectivity index is 1.43. The Morgan fingerprint density at radius 3 is 2.42 bits per heavy atom. The number of rotatable bonds is 8. The van der Waals surface area contributed by atoms with Crippen LogP contribution in [0.4, 0.5) is 17.1 Å². The average molecular weight is 543 g/mol. The van der Waals surface area contributed by atoms with Crippen molar-refractivity contribution in [1.29, 1.82) is 0 Å². The Morgan fingerprint density at radius 1 is 1.00 bits per heavy atom. The van der Waals surface area contributed by atoms with Gasteiger partial charge in [-0.25, -0.2) is 9.78 Å². The zero-order valence-corrected chi connectivity index (χ0v) is 20.4. The van der Waals surface area contributed by atoms with Crippen LogP contribution in [0.1, 0.15) is 20.7 Å². The van der Waals surface area contributed by atoms with Crippen LogP contribution < -0.4 is 10.6 Å². The summed E-state index contributed by atoms with van der Waals surface area (Å²) >= 11 is 8.44. The molecule has 1 heterocycles. The van der Waals surface area contributed by atoms with Crippen LogP contribution in [0.2, 0.25) is 5.02 Å². The van der Waals surface area contributed by atoms with Gasteiger partial charge in [0.2, 0.25) is 5.91 Å². The Hall–Kier alpha value is -4.00. The van der Waals surface area contributed by atoms with Crippen LogP contribution >= 0.6 is 34.7 Å². The maximum Gasteiger partial charge on any atom is 0.336 e. The Labute approximate surface area is 216 Å². The van der Waals surface area contributed by atoms with Gasteiger partial charge < -0.3 is 15.7 Å². The third-order valence-corrected chi connectivity index (χ3v) is 7.18. The smallest absolute Gasteiger partial charge is 0.336 e. The summed E-state index contributed by atoms with van der Waals surface area (Å²) in [5.41, 5.74) is 0.579. The summed E-state index contributed by atoms with van der Waals surface area (Å²) in [5, 5.41) is 26.3. The fraction of sp³-hybridized carbons (Fsp3) is 0.0435. The first-order valence-corrected chi connectivity index (χ1v) is 12.3. The van der Waals surface area contributed by atoms with Crippen LogP contribution in [0.3, 0.4) is 0 Å². The molecule has 0 aliphatic heterocycles. The predicted molar refractivity (Wildman–Crippen MR) is 138 cm³/mol. The first-order chi connectivity index (χ1) is 17.2. The lowest BCUT2D eigenvalue weighted by Gasteiger charge is -2.08. The van der Waals surface area contributed by atoms with E-state index in [1.807, 2.05) is 0 Å². The van der Waals surface area contributed by atoms with Gasteiger partial charge in [0.15, 0.2) is 4.34 Å². The summed E-state index contributed by atoms with van der Waals surface area (Å²) in [5.74, 6) is -2.24. The summed E-state index contributed by atoms with van der Waals surface area (Å²) in [6.07, 6.45) is 0. The number of carbonyl (C=O) groups is 3. The van der Waals surface area contributed by atoms with E-state index in [4.69, 9.17) is 11.6 Å². The van der Waals surface area contributed by atoms with Crippen molar-refractivity contribution < 1.29 is 24.4 Å². The molecular weight excluding hydrogens is 528 g/mol. The molecule has 0 saturated carbocycles. The maximum absolute atomic E-state index is 12.7. The van der Waals surface area contributed by atoms with Gasteiger partial charge in [-0.1, -0.05) is 23.4 Å². The molecule has 0 radical (unpaired) electrons. The van der Waals surface area contributed by atoms with Crippen LogP contribution in [0.15, 0.2) is 65.0 Å². The number of aromatic nitrogens is 1. The average Bonchev–Trinajstić information content (AvgIpc) is 3.26. The number of halogens is 1. The second-order valence-electron chi connectivity index (χ2n) is 7.25. The lowest BCUT2D eigenvalue weighted by molar-refractivity contribution is -0.384. The highest BCUT2D eigenvalue weighted by atomic mass is 35.5. The zero-order chi connectivity index (χ0) is 25.8. The number of carboxylic acid groups (broad SMARTS) is 1. The number of hydrogen-bond acceptors (Lipinski definition) is 8. The third kappa shape index (κ3) is 5.97. The van der Waals surface area contributed by atoms with Gasteiger partial charge in [0, 0.05) is 28.5 Å². The number of benzene rings is 3. The highest BCUT2D eigenvalue weighted by molar-refractivity contribution is 8.01. The van der Waals surface area contributed by atoms with Gasteiger partial charge in [0.05, 0.1) is 32.0 Å². The molecule has 4 rings (SSSR count). The van der Waals surface area contributed by atoms with Crippen LogP contribution in [-0.4, -0.2) is 38.6 Å². The van der Waals surface area contributed by atoms with E-state index in [0.717, 1.165) is 22.9 Å². The van der Waals surface area contributed by atoms with Gasteiger partial charge >= 0.3 is 5.97 Å². The van der Waals surface area contributed by atoms with Gasteiger partial charge in [0.25, 0.3) is 11.6 Å². The highest BCUT2D eigenvalue weighted by Gasteiger charge is 2.21. The van der Waals surface area contributed by atoms with E-state index in [-0.39, 0.29) is 17.2 Å². The number of fused-ring (bicyclic) bond motifs is 1. The standard InChI is InChI=1S/C23H15ClN4O6S2/c24-12-1-3-13(4-2-12)25-20(29)11-35-23-27-18-8-5-14(9-19(18)36-23)26-21(30)16-7-6-15(28(33)34)10-17(16)22(31)32/h1-10H,11H2,(H,25,29)(H,26,30)(H,31,32). The molecule has 36 heavy (non-hydrogen) atoms. The van der Waals surface area contributed by atoms with E-state index in [9.17, 15) is 29.6 Å². The van der Waals surface area contributed by atoms with Crippen molar-refractivity contribution in [2.75, 3.05) is 16.4 Å². The monoisotopic (exact) mass is 542 g/mol. The molecule has 2 amide bonds. The van der Waals surface area contributed by atoms with E-state index < -0.39 is 28.1 Å². The number of carboxylic acids is 1. The molecule has 3 N–H and O–H groups in total. The van der Waals surface area contributed by atoms with Gasteiger partial charge in [-0.15, -0.1) is 11.3 Å². The van der Waals surface area contributed by atoms with E-state index in [1.165, 1.54) is 23.1 Å². The van der Waals surface area contributed by atoms with Crippen LogP contribution in [0.25, 0.3) is 10.2 Å². The number of carbonyl (C=O) groups excluding carboxylic acids is 2. The van der Waals surface area contributed by atoms with Crippen molar-refractivity contribution in [2.45, 2.75) is 4.34 Å². The van der Waals surface area contributed by atoms with Crippen LogP contribution in [0, 0.1) is 10.1 Å². The number of non-ortho nitro benzene ring substituents is 1. The Kier molecular flexibility index (Phi) is 7.48. The summed E-state index contributed by atoms with van der Waals surface area (Å²) in [6.45, 7) is 0. The number of nitrogens with zero attached hydrogens (tertiary/aromatic N) is 2. The lowest BCUT2D eigenvalue weighted by Crippen LogP contribution is -2.16. The molecule has 0 fully saturated rings. The predicted octanol–water partition coefficient (Wildman–Crippen LogP) is 5.54. The number of nitro groups is 1. The van der Waals surface area contributed by atoms with Crippen molar-refractivity contribution in [2.24, 2.45) is 0 Å². The molecule has 0 atom stereocenters. The van der Waals surface area contributed by atoms with Gasteiger partial charge in [-0.2, -0.15) is 0 Å². The molecule has 0 saturated heterocycles. The maximum atomic E-state index is 12.7. The van der Waals surface area contributed by atoms with Gasteiger partial charge in [0.1, 0.15) is 0 Å². The summed E-state index contributed by atoms with van der Waals surface area (Å²) < 4.78 is 1.40. The minimum atomic E-state index is -1.46. The van der Waals surface area contributed by atoms with Crippen molar-refractivity contribution in [1.82, 2.24) is 4.98 Å². The number of thioether (sulfide) groups is 1. The highest BCUT2D eigenvalue weighted by Crippen LogP contribution is 2.31. The number of hydrogen-bond donors (Lipinski definition) is 3. The lowest BCUT2D eigenvalue weighted by atomic mass is 10.1. The molecule has 3 aromatic carbocycles. The molecule has 4 aromatic rings. The van der Waals surface area contributed by atoms with E-state index in [1.54, 1.807) is 42.5 Å². The fourth-order valence-electron chi connectivity index (χ4n) is 3.12. The molecular formula is C23H15ClN4O6S2. The summed E-state index contributed by atoms with van der Waals surface area (Å²) in [6, 6.07) is 14.7. The minimum absolute atomic E-state index is 0.143. The number of thiazole rings is 1. The zero-order valence-electron chi connectivity index (χ0n) is 18.1. The summed E-state index contributed by atoms with van der Waals surface area (Å²) in [4.78, 5) is 51.1. The first kappa shape index (κ1) is 25.1. The molecule has 182 valence electrons.